The lowest BCUT2D eigenvalue weighted by molar-refractivity contribution is -0.135. The third-order valence-electron chi connectivity index (χ3n) is 5.03. The van der Waals surface area contributed by atoms with Gasteiger partial charge in [-0.1, -0.05) is 12.8 Å². The molecule has 0 N–H and O–H groups in total. The number of carbonyl (C=O) groups is 1. The minimum absolute atomic E-state index is 0.206. The third-order valence-corrected chi connectivity index (χ3v) is 5.03. The summed E-state index contributed by atoms with van der Waals surface area (Å²) < 4.78 is 11.1. The number of hydrogen-bond acceptors (Lipinski definition) is 6. The standard InChI is InChI=1S/C18H20N4O3/c19-12-14-18(25-16(20-14)15-6-3-11-24-15)22-9-7-21(8-10-22)17(23)13-4-1-2-5-13/h3,6,11,13H,1-2,4-5,7-10H2. The summed E-state index contributed by atoms with van der Waals surface area (Å²) in [7, 11) is 0. The van der Waals surface area contributed by atoms with Crippen molar-refractivity contribution in [3.05, 3.63) is 24.1 Å². The molecule has 7 heteroatoms. The molecule has 1 saturated carbocycles. The van der Waals surface area contributed by atoms with Crippen LogP contribution in [0.15, 0.2) is 27.2 Å². The number of amides is 1. The second-order valence-electron chi connectivity index (χ2n) is 6.56. The van der Waals surface area contributed by atoms with Crippen LogP contribution in [-0.4, -0.2) is 42.0 Å². The molecular formula is C18H20N4O3. The van der Waals surface area contributed by atoms with Gasteiger partial charge in [0.05, 0.1) is 6.26 Å². The first-order chi connectivity index (χ1) is 12.3. The minimum atomic E-state index is 0.206. The molecule has 2 aliphatic rings. The summed E-state index contributed by atoms with van der Waals surface area (Å²) >= 11 is 0. The third kappa shape index (κ3) is 3.00. The van der Waals surface area contributed by atoms with Crippen molar-refractivity contribution < 1.29 is 13.6 Å². The number of piperazine rings is 1. The monoisotopic (exact) mass is 340 g/mol. The summed E-state index contributed by atoms with van der Waals surface area (Å²) in [6.45, 7) is 2.58. The first kappa shape index (κ1) is 15.8. The highest BCUT2D eigenvalue weighted by Gasteiger charge is 2.31. The molecule has 2 fully saturated rings. The van der Waals surface area contributed by atoms with Crippen LogP contribution in [0.2, 0.25) is 0 Å². The Hall–Kier alpha value is -2.75. The molecule has 2 aromatic rings. The zero-order valence-corrected chi connectivity index (χ0v) is 14.0. The van der Waals surface area contributed by atoms with Crippen LogP contribution < -0.4 is 4.90 Å². The Balaban J connectivity index is 1.45. The molecule has 4 rings (SSSR count). The molecule has 2 aromatic heterocycles. The van der Waals surface area contributed by atoms with Crippen LogP contribution in [0.1, 0.15) is 31.4 Å². The quantitative estimate of drug-likeness (QED) is 0.854. The maximum atomic E-state index is 12.5. The van der Waals surface area contributed by atoms with E-state index in [2.05, 4.69) is 11.1 Å². The van der Waals surface area contributed by atoms with Crippen LogP contribution in [0.4, 0.5) is 5.88 Å². The Morgan fingerprint density at radius 2 is 2.00 bits per heavy atom. The highest BCUT2D eigenvalue weighted by molar-refractivity contribution is 5.79. The molecule has 1 amide bonds. The number of nitrogens with zero attached hydrogens (tertiary/aromatic N) is 4. The van der Waals surface area contributed by atoms with E-state index in [9.17, 15) is 10.1 Å². The molecule has 3 heterocycles. The van der Waals surface area contributed by atoms with Crippen molar-refractivity contribution in [2.24, 2.45) is 5.92 Å². The van der Waals surface area contributed by atoms with Crippen molar-refractivity contribution in [3.8, 4) is 17.7 Å². The molecule has 0 bridgehead atoms. The maximum Gasteiger partial charge on any atom is 0.266 e. The summed E-state index contributed by atoms with van der Waals surface area (Å²) in [5, 5.41) is 9.35. The van der Waals surface area contributed by atoms with E-state index in [0.29, 0.717) is 43.7 Å². The predicted molar refractivity (Wildman–Crippen MR) is 89.7 cm³/mol. The molecule has 7 nitrogen and oxygen atoms in total. The number of carbonyl (C=O) groups excluding carboxylic acids is 1. The number of furan rings is 1. The molecule has 1 saturated heterocycles. The minimum Gasteiger partial charge on any atom is -0.459 e. The van der Waals surface area contributed by atoms with Crippen LogP contribution in [-0.2, 0) is 4.79 Å². The summed E-state index contributed by atoms with van der Waals surface area (Å²) in [6, 6.07) is 5.58. The number of nitriles is 1. The zero-order chi connectivity index (χ0) is 17.2. The van der Waals surface area contributed by atoms with Gasteiger partial charge in [-0.2, -0.15) is 10.2 Å². The first-order valence-electron chi connectivity index (χ1n) is 8.75. The van der Waals surface area contributed by atoms with E-state index in [1.165, 1.54) is 0 Å². The lowest BCUT2D eigenvalue weighted by Crippen LogP contribution is -2.50. The van der Waals surface area contributed by atoms with Gasteiger partial charge >= 0.3 is 0 Å². The smallest absolute Gasteiger partial charge is 0.266 e. The number of rotatable bonds is 3. The van der Waals surface area contributed by atoms with Gasteiger partial charge in [-0.3, -0.25) is 4.79 Å². The van der Waals surface area contributed by atoms with Gasteiger partial charge < -0.3 is 18.6 Å². The lowest BCUT2D eigenvalue weighted by atomic mass is 10.1. The molecule has 1 aliphatic carbocycles. The Labute approximate surface area is 145 Å². The van der Waals surface area contributed by atoms with Gasteiger partial charge in [-0.15, -0.1) is 0 Å². The lowest BCUT2D eigenvalue weighted by Gasteiger charge is -2.35. The maximum absolute atomic E-state index is 12.5. The molecule has 0 aromatic carbocycles. The van der Waals surface area contributed by atoms with Crippen molar-refractivity contribution in [2.45, 2.75) is 25.7 Å². The molecule has 25 heavy (non-hydrogen) atoms. The summed E-state index contributed by atoms with van der Waals surface area (Å²) in [5.41, 5.74) is 0.252. The van der Waals surface area contributed by atoms with E-state index in [-0.39, 0.29) is 17.5 Å². The van der Waals surface area contributed by atoms with Crippen LogP contribution in [0.3, 0.4) is 0 Å². The fourth-order valence-electron chi connectivity index (χ4n) is 3.67. The summed E-state index contributed by atoms with van der Waals surface area (Å²) in [6.07, 6.45) is 5.90. The van der Waals surface area contributed by atoms with Crippen molar-refractivity contribution >= 4 is 11.8 Å². The number of aromatic nitrogens is 1. The van der Waals surface area contributed by atoms with E-state index in [0.717, 1.165) is 25.7 Å². The molecule has 0 unspecified atom stereocenters. The van der Waals surface area contributed by atoms with Gasteiger partial charge in [0.1, 0.15) is 6.07 Å². The zero-order valence-electron chi connectivity index (χ0n) is 14.0. The van der Waals surface area contributed by atoms with E-state index in [1.54, 1.807) is 18.4 Å². The van der Waals surface area contributed by atoms with E-state index in [4.69, 9.17) is 8.83 Å². The Kier molecular flexibility index (Phi) is 4.18. The van der Waals surface area contributed by atoms with Crippen molar-refractivity contribution in [3.63, 3.8) is 0 Å². The summed E-state index contributed by atoms with van der Waals surface area (Å²) in [5.74, 6) is 1.75. The highest BCUT2D eigenvalue weighted by atomic mass is 16.4. The topological polar surface area (TPSA) is 86.5 Å². The predicted octanol–water partition coefficient (Wildman–Crippen LogP) is 2.65. The average Bonchev–Trinajstić information content (AvgIpc) is 3.42. The van der Waals surface area contributed by atoms with E-state index < -0.39 is 0 Å². The first-order valence-corrected chi connectivity index (χ1v) is 8.75. The van der Waals surface area contributed by atoms with Gasteiger partial charge in [0.2, 0.25) is 17.5 Å². The van der Waals surface area contributed by atoms with Crippen molar-refractivity contribution in [2.75, 3.05) is 31.1 Å². The number of anilines is 1. The second-order valence-corrected chi connectivity index (χ2v) is 6.56. The molecule has 130 valence electrons. The normalized spacial score (nSPS) is 18.5. The molecular weight excluding hydrogens is 320 g/mol. The van der Waals surface area contributed by atoms with E-state index in [1.807, 2.05) is 9.80 Å². The Morgan fingerprint density at radius 1 is 1.24 bits per heavy atom. The fraction of sp³-hybridized carbons (Fsp3) is 0.500. The van der Waals surface area contributed by atoms with Gasteiger partial charge in [0, 0.05) is 32.1 Å². The Bertz CT molecular complexity index is 776. The fourth-order valence-corrected chi connectivity index (χ4v) is 3.67. The molecule has 0 spiro atoms. The van der Waals surface area contributed by atoms with Gasteiger partial charge in [0.25, 0.3) is 5.89 Å². The van der Waals surface area contributed by atoms with Crippen molar-refractivity contribution in [1.82, 2.24) is 9.88 Å². The number of hydrogen-bond donors (Lipinski definition) is 0. The van der Waals surface area contributed by atoms with E-state index >= 15 is 0 Å². The molecule has 0 atom stereocenters. The van der Waals surface area contributed by atoms with Crippen LogP contribution in [0.5, 0.6) is 0 Å². The van der Waals surface area contributed by atoms with Crippen LogP contribution >= 0.6 is 0 Å². The largest absolute Gasteiger partial charge is 0.459 e. The van der Waals surface area contributed by atoms with Crippen LogP contribution in [0.25, 0.3) is 11.7 Å². The second kappa shape index (κ2) is 6.63. The van der Waals surface area contributed by atoms with Gasteiger partial charge in [-0.05, 0) is 25.0 Å². The number of oxazole rings is 1. The van der Waals surface area contributed by atoms with Crippen molar-refractivity contribution in [1.29, 1.82) is 5.26 Å². The molecule has 1 aliphatic heterocycles. The average molecular weight is 340 g/mol. The molecule has 0 radical (unpaired) electrons. The summed E-state index contributed by atoms with van der Waals surface area (Å²) in [4.78, 5) is 20.7. The SMILES string of the molecule is N#Cc1nc(-c2ccco2)oc1N1CCN(C(=O)C2CCCC2)CC1. The highest BCUT2D eigenvalue weighted by Crippen LogP contribution is 2.30. The Morgan fingerprint density at radius 3 is 2.64 bits per heavy atom. The van der Waals surface area contributed by atoms with Crippen LogP contribution in [0, 0.1) is 17.2 Å². The van der Waals surface area contributed by atoms with Gasteiger partial charge in [-0.25, -0.2) is 0 Å². The van der Waals surface area contributed by atoms with Gasteiger partial charge in [0.15, 0.2) is 5.76 Å².